The van der Waals surface area contributed by atoms with Crippen molar-refractivity contribution in [1.29, 1.82) is 0 Å². The maximum atomic E-state index is 5.06. The molecule has 0 saturated heterocycles. The number of hydrogen-bond donors (Lipinski definition) is 0. The molecule has 3 rings (SSSR count). The molecule has 1 aliphatic rings. The van der Waals surface area contributed by atoms with Gasteiger partial charge in [-0.15, -0.1) is 0 Å². The lowest BCUT2D eigenvalue weighted by Crippen LogP contribution is -2.13. The van der Waals surface area contributed by atoms with Crippen molar-refractivity contribution >= 4 is 0 Å². The molecule has 1 heterocycles. The molecule has 2 aromatic rings. The molecule has 1 aliphatic carbocycles. The smallest absolute Gasteiger partial charge is 0.205 e. The Kier molecular flexibility index (Phi) is 6.66. The number of unbranched alkanes of at least 4 members (excludes halogenated alkanes) is 1. The first-order valence-electron chi connectivity index (χ1n) is 9.76. The summed E-state index contributed by atoms with van der Waals surface area (Å²) in [5.41, 5.74) is 2.47. The number of rotatable bonds is 5. The zero-order valence-electron chi connectivity index (χ0n) is 15.9. The molecule has 0 spiro atoms. The molecule has 0 atom stereocenters. The van der Waals surface area contributed by atoms with Crippen LogP contribution < -0.4 is 4.74 Å². The van der Waals surface area contributed by atoms with Crippen LogP contribution in [0.5, 0.6) is 5.75 Å². The monoisotopic (exact) mass is 348 g/mol. The summed E-state index contributed by atoms with van der Waals surface area (Å²) in [5.74, 6) is 8.99. The predicted octanol–water partition coefficient (Wildman–Crippen LogP) is 5.35. The van der Waals surface area contributed by atoms with E-state index in [4.69, 9.17) is 4.74 Å². The third kappa shape index (κ3) is 5.08. The van der Waals surface area contributed by atoms with Gasteiger partial charge >= 0.3 is 0 Å². The average Bonchev–Trinajstić information content (AvgIpc) is 2.72. The zero-order valence-corrected chi connectivity index (χ0v) is 15.9. The van der Waals surface area contributed by atoms with Gasteiger partial charge in [0.1, 0.15) is 0 Å². The second-order valence-electron chi connectivity index (χ2n) is 7.18. The summed E-state index contributed by atoms with van der Waals surface area (Å²) in [5, 5.41) is 0. The Morgan fingerprint density at radius 2 is 1.69 bits per heavy atom. The van der Waals surface area contributed by atoms with Gasteiger partial charge in [0.2, 0.25) is 5.82 Å². The predicted molar refractivity (Wildman–Crippen MR) is 105 cm³/mol. The number of aromatic nitrogens is 2. The Labute approximate surface area is 157 Å². The van der Waals surface area contributed by atoms with E-state index in [0.717, 1.165) is 17.4 Å². The second kappa shape index (κ2) is 9.38. The van der Waals surface area contributed by atoms with Crippen molar-refractivity contribution in [3.05, 3.63) is 53.6 Å². The van der Waals surface area contributed by atoms with Crippen LogP contribution in [0.2, 0.25) is 0 Å². The third-order valence-corrected chi connectivity index (χ3v) is 5.38. The Morgan fingerprint density at radius 1 is 1.00 bits per heavy atom. The summed E-state index contributed by atoms with van der Waals surface area (Å²) in [6.07, 6.45) is 12.9. The summed E-state index contributed by atoms with van der Waals surface area (Å²) in [4.78, 5) is 8.35. The van der Waals surface area contributed by atoms with E-state index in [1.807, 2.05) is 0 Å². The van der Waals surface area contributed by atoms with Gasteiger partial charge in [-0.1, -0.05) is 44.2 Å². The summed E-state index contributed by atoms with van der Waals surface area (Å²) in [7, 11) is 1.60. The van der Waals surface area contributed by atoms with Crippen LogP contribution in [-0.4, -0.2) is 17.1 Å². The van der Waals surface area contributed by atoms with Crippen LogP contribution in [0.3, 0.4) is 0 Å². The van der Waals surface area contributed by atoms with Gasteiger partial charge in [0.05, 0.1) is 19.5 Å². The molecule has 0 bridgehead atoms. The minimum atomic E-state index is 0.514. The lowest BCUT2D eigenvalue weighted by atomic mass is 9.77. The quantitative estimate of drug-likeness (QED) is 0.683. The van der Waals surface area contributed by atoms with E-state index >= 15 is 0 Å². The fourth-order valence-corrected chi connectivity index (χ4v) is 3.73. The molecule has 0 aliphatic heterocycles. The Balaban J connectivity index is 1.56. The molecular formula is C23H28N2O. The van der Waals surface area contributed by atoms with Gasteiger partial charge in [-0.2, -0.15) is 0 Å². The molecule has 0 radical (unpaired) electrons. The SMILES string of the molecule is CCCCC1CCC(c2ccc(C#Cc3ncc(OC)cn3)cc2)CC1. The van der Waals surface area contributed by atoms with E-state index < -0.39 is 0 Å². The van der Waals surface area contributed by atoms with Crippen molar-refractivity contribution in [2.75, 3.05) is 7.11 Å². The van der Waals surface area contributed by atoms with Crippen LogP contribution in [0, 0.1) is 17.8 Å². The van der Waals surface area contributed by atoms with Crippen molar-refractivity contribution in [1.82, 2.24) is 9.97 Å². The van der Waals surface area contributed by atoms with Crippen LogP contribution in [0.4, 0.5) is 0 Å². The highest BCUT2D eigenvalue weighted by atomic mass is 16.5. The van der Waals surface area contributed by atoms with Crippen molar-refractivity contribution in [2.24, 2.45) is 5.92 Å². The minimum Gasteiger partial charge on any atom is -0.494 e. The van der Waals surface area contributed by atoms with E-state index in [-0.39, 0.29) is 0 Å². The summed E-state index contributed by atoms with van der Waals surface area (Å²) >= 11 is 0. The highest BCUT2D eigenvalue weighted by Crippen LogP contribution is 2.37. The maximum Gasteiger partial charge on any atom is 0.205 e. The van der Waals surface area contributed by atoms with Gasteiger partial charge in [0.15, 0.2) is 5.75 Å². The van der Waals surface area contributed by atoms with Crippen LogP contribution in [0.1, 0.15) is 74.7 Å². The largest absolute Gasteiger partial charge is 0.494 e. The van der Waals surface area contributed by atoms with Gasteiger partial charge in [-0.25, -0.2) is 9.97 Å². The molecule has 1 aromatic heterocycles. The molecule has 26 heavy (non-hydrogen) atoms. The molecule has 0 amide bonds. The molecule has 136 valence electrons. The number of benzene rings is 1. The van der Waals surface area contributed by atoms with Gasteiger partial charge in [0.25, 0.3) is 0 Å². The minimum absolute atomic E-state index is 0.514. The maximum absolute atomic E-state index is 5.06. The first-order chi connectivity index (χ1) is 12.8. The van der Waals surface area contributed by atoms with Crippen LogP contribution in [0.15, 0.2) is 36.7 Å². The topological polar surface area (TPSA) is 35.0 Å². The van der Waals surface area contributed by atoms with Crippen LogP contribution in [-0.2, 0) is 0 Å². The molecule has 0 N–H and O–H groups in total. The number of nitrogens with zero attached hydrogens (tertiary/aromatic N) is 2. The molecule has 1 aromatic carbocycles. The van der Waals surface area contributed by atoms with Gasteiger partial charge in [0, 0.05) is 5.56 Å². The van der Waals surface area contributed by atoms with Crippen molar-refractivity contribution in [3.8, 4) is 17.6 Å². The van der Waals surface area contributed by atoms with E-state index in [9.17, 15) is 0 Å². The van der Waals surface area contributed by atoms with Gasteiger partial charge < -0.3 is 4.74 Å². The number of ether oxygens (including phenoxy) is 1. The van der Waals surface area contributed by atoms with Gasteiger partial charge in [-0.05, 0) is 61.1 Å². The fraction of sp³-hybridized carbons (Fsp3) is 0.478. The second-order valence-corrected chi connectivity index (χ2v) is 7.18. The van der Waals surface area contributed by atoms with Crippen molar-refractivity contribution < 1.29 is 4.74 Å². The normalized spacial score (nSPS) is 19.5. The number of methoxy groups -OCH3 is 1. The Morgan fingerprint density at radius 3 is 2.31 bits per heavy atom. The summed E-state index contributed by atoms with van der Waals surface area (Å²) < 4.78 is 5.06. The third-order valence-electron chi connectivity index (χ3n) is 5.38. The standard InChI is InChI=1S/C23H28N2O/c1-3-4-5-18-6-11-20(12-7-18)21-13-8-19(9-14-21)10-15-23-24-16-22(26-2)17-25-23/h8-9,13-14,16-18,20H,3-7,11-12H2,1-2H3. The Hall–Kier alpha value is -2.34. The summed E-state index contributed by atoms with van der Waals surface area (Å²) in [6, 6.07) is 8.73. The fourth-order valence-electron chi connectivity index (χ4n) is 3.73. The highest BCUT2D eigenvalue weighted by Gasteiger charge is 2.21. The van der Waals surface area contributed by atoms with Crippen molar-refractivity contribution in [3.63, 3.8) is 0 Å². The lowest BCUT2D eigenvalue weighted by molar-refractivity contribution is 0.304. The summed E-state index contributed by atoms with van der Waals surface area (Å²) in [6.45, 7) is 2.29. The molecular weight excluding hydrogens is 320 g/mol. The van der Waals surface area contributed by atoms with E-state index in [2.05, 4.69) is 53.0 Å². The lowest BCUT2D eigenvalue weighted by Gasteiger charge is -2.28. The number of hydrogen-bond acceptors (Lipinski definition) is 3. The van der Waals surface area contributed by atoms with Crippen LogP contribution >= 0.6 is 0 Å². The van der Waals surface area contributed by atoms with Crippen molar-refractivity contribution in [2.45, 2.75) is 57.8 Å². The van der Waals surface area contributed by atoms with Crippen LogP contribution in [0.25, 0.3) is 0 Å². The first kappa shape index (κ1) is 18.5. The van der Waals surface area contributed by atoms with E-state index in [1.165, 1.54) is 50.5 Å². The van der Waals surface area contributed by atoms with E-state index in [1.54, 1.807) is 19.5 Å². The molecule has 3 heteroatoms. The molecule has 1 saturated carbocycles. The first-order valence-corrected chi connectivity index (χ1v) is 9.76. The molecule has 0 unspecified atom stereocenters. The Bertz CT molecular complexity index is 733. The molecule has 3 nitrogen and oxygen atoms in total. The average molecular weight is 348 g/mol. The van der Waals surface area contributed by atoms with E-state index in [0.29, 0.717) is 11.6 Å². The molecule has 1 fully saturated rings. The van der Waals surface area contributed by atoms with Gasteiger partial charge in [-0.3, -0.25) is 0 Å². The zero-order chi connectivity index (χ0) is 18.2. The highest BCUT2D eigenvalue weighted by molar-refractivity contribution is 5.40.